The van der Waals surface area contributed by atoms with Crippen molar-refractivity contribution in [2.75, 3.05) is 30.4 Å². The molecule has 4 rings (SSSR count). The maximum absolute atomic E-state index is 13.3. The van der Waals surface area contributed by atoms with Crippen LogP contribution in [0, 0.1) is 13.8 Å². The van der Waals surface area contributed by atoms with E-state index in [0.29, 0.717) is 24.3 Å². The molecule has 0 aliphatic carbocycles. The van der Waals surface area contributed by atoms with Crippen molar-refractivity contribution in [3.63, 3.8) is 0 Å². The van der Waals surface area contributed by atoms with E-state index in [0.717, 1.165) is 28.2 Å². The van der Waals surface area contributed by atoms with Gasteiger partial charge in [-0.15, -0.1) is 11.3 Å². The number of hydrogen-bond donors (Lipinski definition) is 1. The van der Waals surface area contributed by atoms with Gasteiger partial charge in [-0.3, -0.25) is 9.52 Å². The van der Waals surface area contributed by atoms with Gasteiger partial charge in [-0.1, -0.05) is 0 Å². The minimum atomic E-state index is -4.02. The number of ether oxygens (including phenoxy) is 2. The molecule has 0 saturated carbocycles. The van der Waals surface area contributed by atoms with Crippen LogP contribution in [0.15, 0.2) is 41.3 Å². The largest absolute Gasteiger partial charge is 0.496 e. The topological polar surface area (TPSA) is 97.8 Å². The van der Waals surface area contributed by atoms with E-state index in [1.54, 1.807) is 24.1 Å². The molecule has 0 atom stereocenters. The number of aromatic nitrogens is 1. The average molecular weight is 488 g/mol. The summed E-state index contributed by atoms with van der Waals surface area (Å²) in [7, 11) is -0.989. The quantitative estimate of drug-likeness (QED) is 0.531. The fraction of sp³-hybridized carbons (Fsp3) is 0.304. The van der Waals surface area contributed by atoms with Crippen LogP contribution in [0.2, 0.25) is 0 Å². The number of methoxy groups -OCH3 is 2. The van der Waals surface area contributed by atoms with E-state index in [1.165, 1.54) is 24.5 Å². The molecular formula is C23H25N3O5S2. The number of thiazole rings is 1. The van der Waals surface area contributed by atoms with Crippen LogP contribution in [0.3, 0.4) is 0 Å². The highest BCUT2D eigenvalue weighted by atomic mass is 32.2. The number of amides is 1. The number of nitrogens with one attached hydrogen (secondary N) is 1. The summed E-state index contributed by atoms with van der Waals surface area (Å²) in [6, 6.07) is 10.4. The lowest BCUT2D eigenvalue weighted by molar-refractivity contribution is -0.117. The van der Waals surface area contributed by atoms with Crippen molar-refractivity contribution in [3.8, 4) is 22.8 Å². The molecule has 3 aromatic rings. The van der Waals surface area contributed by atoms with E-state index in [4.69, 9.17) is 9.47 Å². The summed E-state index contributed by atoms with van der Waals surface area (Å²) in [5.74, 6) is 0.944. The lowest BCUT2D eigenvalue weighted by atomic mass is 10.1. The van der Waals surface area contributed by atoms with Gasteiger partial charge in [0.05, 0.1) is 19.9 Å². The van der Waals surface area contributed by atoms with Crippen molar-refractivity contribution in [3.05, 3.63) is 46.8 Å². The van der Waals surface area contributed by atoms with E-state index in [-0.39, 0.29) is 21.7 Å². The minimum absolute atomic E-state index is 0.0218. The molecule has 1 aliphatic rings. The van der Waals surface area contributed by atoms with E-state index >= 15 is 0 Å². The van der Waals surface area contributed by atoms with Crippen molar-refractivity contribution in [1.82, 2.24) is 4.98 Å². The molecule has 2 heterocycles. The molecule has 1 N–H and O–H groups in total. The summed E-state index contributed by atoms with van der Waals surface area (Å²) in [6.07, 6.45) is 1.20. The molecule has 1 aromatic heterocycles. The molecule has 1 fully saturated rings. The standard InChI is InChI=1S/C23H25N3O5S2/c1-14-12-16(7-9-18(14)30-3)22-15(2)32-23(24-22)25-33(28,29)20-13-17(8-10-19(20)31-4)26-11-5-6-21(26)27/h7-10,12-13H,5-6,11H2,1-4H3,(H,24,25). The van der Waals surface area contributed by atoms with E-state index in [9.17, 15) is 13.2 Å². The number of benzene rings is 2. The minimum Gasteiger partial charge on any atom is -0.496 e. The fourth-order valence-corrected chi connectivity index (χ4v) is 6.13. The summed E-state index contributed by atoms with van der Waals surface area (Å²) in [5.41, 5.74) is 3.07. The number of rotatable bonds is 7. The van der Waals surface area contributed by atoms with Crippen molar-refractivity contribution in [1.29, 1.82) is 0 Å². The highest BCUT2D eigenvalue weighted by Gasteiger charge is 2.27. The second kappa shape index (κ2) is 9.03. The molecular weight excluding hydrogens is 462 g/mol. The normalized spacial score (nSPS) is 13.9. The third-order valence-corrected chi connectivity index (χ3v) is 7.88. The first-order chi connectivity index (χ1) is 15.7. The summed E-state index contributed by atoms with van der Waals surface area (Å²) >= 11 is 1.25. The number of hydrogen-bond acceptors (Lipinski definition) is 7. The van der Waals surface area contributed by atoms with Gasteiger partial charge in [0.15, 0.2) is 5.13 Å². The summed E-state index contributed by atoms with van der Waals surface area (Å²) in [6.45, 7) is 4.40. The molecule has 0 unspecified atom stereocenters. The molecule has 0 radical (unpaired) electrons. The van der Waals surface area contributed by atoms with Gasteiger partial charge in [0.2, 0.25) is 5.91 Å². The van der Waals surface area contributed by atoms with Gasteiger partial charge in [-0.25, -0.2) is 13.4 Å². The first kappa shape index (κ1) is 23.1. The monoisotopic (exact) mass is 487 g/mol. The van der Waals surface area contributed by atoms with Crippen molar-refractivity contribution in [2.24, 2.45) is 0 Å². The smallest absolute Gasteiger partial charge is 0.267 e. The lowest BCUT2D eigenvalue weighted by Gasteiger charge is -2.18. The third-order valence-electron chi connectivity index (χ3n) is 5.51. The summed E-state index contributed by atoms with van der Waals surface area (Å²) in [4.78, 5) is 19.1. The molecule has 10 heteroatoms. The number of carbonyl (C=O) groups excluding carboxylic acids is 1. The van der Waals surface area contributed by atoms with Gasteiger partial charge in [0.25, 0.3) is 10.0 Å². The van der Waals surface area contributed by atoms with Crippen LogP contribution in [0.5, 0.6) is 11.5 Å². The summed E-state index contributed by atoms with van der Waals surface area (Å²) < 4.78 is 39.7. The van der Waals surface area contributed by atoms with Gasteiger partial charge in [0, 0.05) is 29.1 Å². The van der Waals surface area contributed by atoms with Gasteiger partial charge in [0.1, 0.15) is 16.4 Å². The van der Waals surface area contributed by atoms with Crippen LogP contribution >= 0.6 is 11.3 Å². The molecule has 0 spiro atoms. The molecule has 33 heavy (non-hydrogen) atoms. The van der Waals surface area contributed by atoms with E-state index in [2.05, 4.69) is 9.71 Å². The molecule has 1 saturated heterocycles. The highest BCUT2D eigenvalue weighted by Crippen LogP contribution is 2.36. The number of aryl methyl sites for hydroxylation is 2. The van der Waals surface area contributed by atoms with Gasteiger partial charge >= 0.3 is 0 Å². The highest BCUT2D eigenvalue weighted by molar-refractivity contribution is 7.93. The van der Waals surface area contributed by atoms with Crippen LogP contribution in [-0.2, 0) is 14.8 Å². The first-order valence-electron chi connectivity index (χ1n) is 10.4. The Kier molecular flexibility index (Phi) is 6.31. The maximum atomic E-state index is 13.3. The Morgan fingerprint density at radius 3 is 2.42 bits per heavy atom. The van der Waals surface area contributed by atoms with E-state index < -0.39 is 10.0 Å². The van der Waals surface area contributed by atoms with Gasteiger partial charge in [-0.05, 0) is 62.2 Å². The average Bonchev–Trinajstić information content (AvgIpc) is 3.37. The van der Waals surface area contributed by atoms with Gasteiger partial charge in [-0.2, -0.15) is 0 Å². The molecule has 1 amide bonds. The van der Waals surface area contributed by atoms with Crippen LogP contribution < -0.4 is 19.1 Å². The number of sulfonamides is 1. The Balaban J connectivity index is 1.66. The Morgan fingerprint density at radius 1 is 1.06 bits per heavy atom. The van der Waals surface area contributed by atoms with Crippen molar-refractivity contribution < 1.29 is 22.7 Å². The molecule has 1 aliphatic heterocycles. The molecule has 8 nitrogen and oxygen atoms in total. The zero-order valence-electron chi connectivity index (χ0n) is 18.8. The predicted octanol–water partition coefficient (Wildman–Crippen LogP) is 4.37. The zero-order chi connectivity index (χ0) is 23.8. The lowest BCUT2D eigenvalue weighted by Crippen LogP contribution is -2.24. The zero-order valence-corrected chi connectivity index (χ0v) is 20.5. The number of anilines is 2. The van der Waals surface area contributed by atoms with Gasteiger partial charge < -0.3 is 14.4 Å². The summed E-state index contributed by atoms with van der Waals surface area (Å²) in [5, 5.41) is 0.251. The van der Waals surface area contributed by atoms with Crippen LogP contribution in [-0.4, -0.2) is 40.1 Å². The van der Waals surface area contributed by atoms with E-state index in [1.807, 2.05) is 32.0 Å². The van der Waals surface area contributed by atoms with Crippen LogP contribution in [0.1, 0.15) is 23.3 Å². The Hall–Kier alpha value is -3.11. The second-order valence-electron chi connectivity index (χ2n) is 7.70. The second-order valence-corrected chi connectivity index (χ2v) is 10.6. The van der Waals surface area contributed by atoms with Crippen LogP contribution in [0.4, 0.5) is 10.8 Å². The molecule has 2 aromatic carbocycles. The number of nitrogens with zero attached hydrogens (tertiary/aromatic N) is 2. The molecule has 0 bridgehead atoms. The molecule has 174 valence electrons. The maximum Gasteiger partial charge on any atom is 0.267 e. The predicted molar refractivity (Wildman–Crippen MR) is 129 cm³/mol. The third kappa shape index (κ3) is 4.53. The SMILES string of the molecule is COc1ccc(-c2nc(NS(=O)(=O)c3cc(N4CCCC4=O)ccc3OC)sc2C)cc1C. The van der Waals surface area contributed by atoms with Crippen molar-refractivity contribution in [2.45, 2.75) is 31.6 Å². The first-order valence-corrected chi connectivity index (χ1v) is 12.7. The Bertz CT molecular complexity index is 1320. The fourth-order valence-electron chi connectivity index (χ4n) is 3.87. The van der Waals surface area contributed by atoms with Crippen LogP contribution in [0.25, 0.3) is 11.3 Å². The Morgan fingerprint density at radius 2 is 1.79 bits per heavy atom. The Labute approximate surface area is 197 Å². The number of carbonyl (C=O) groups is 1. The van der Waals surface area contributed by atoms with Crippen molar-refractivity contribution >= 4 is 38.1 Å².